The Morgan fingerprint density at radius 2 is 1.38 bits per heavy atom. The maximum atomic E-state index is 12.5. The van der Waals surface area contributed by atoms with E-state index in [1.54, 1.807) is 24.3 Å². The van der Waals surface area contributed by atoms with Crippen LogP contribution in [-0.4, -0.2) is 30.9 Å². The van der Waals surface area contributed by atoms with Crippen molar-refractivity contribution in [2.45, 2.75) is 17.2 Å². The van der Waals surface area contributed by atoms with E-state index in [-0.39, 0.29) is 6.54 Å². The molecule has 1 aliphatic rings. The van der Waals surface area contributed by atoms with Gasteiger partial charge in [-0.25, -0.2) is 8.42 Å². The van der Waals surface area contributed by atoms with Crippen molar-refractivity contribution in [2.75, 3.05) is 0 Å². The molecule has 2 amide bonds. The van der Waals surface area contributed by atoms with Crippen LogP contribution < -0.4 is 0 Å². The minimum atomic E-state index is -4.67. The average Bonchev–Trinajstić information content (AvgIpc) is 2.81. The van der Waals surface area contributed by atoms with Gasteiger partial charge in [0.05, 0.1) is 22.6 Å². The lowest BCUT2D eigenvalue weighted by Gasteiger charge is -2.14. The second-order valence-electron chi connectivity index (χ2n) is 5.19. The molecular formula is C16H11F2NO4S. The first-order chi connectivity index (χ1) is 11.3. The number of benzene rings is 2. The molecule has 0 bridgehead atoms. The second kappa shape index (κ2) is 5.79. The van der Waals surface area contributed by atoms with E-state index in [9.17, 15) is 26.8 Å². The molecule has 0 spiro atoms. The van der Waals surface area contributed by atoms with Gasteiger partial charge in [-0.15, -0.1) is 0 Å². The number of carbonyl (C=O) groups excluding carboxylic acids is 2. The monoisotopic (exact) mass is 351 g/mol. The van der Waals surface area contributed by atoms with E-state index in [2.05, 4.69) is 0 Å². The fraction of sp³-hybridized carbons (Fsp3) is 0.125. The summed E-state index contributed by atoms with van der Waals surface area (Å²) in [5.41, 5.74) is 1.07. The molecule has 0 radical (unpaired) electrons. The van der Waals surface area contributed by atoms with E-state index in [4.69, 9.17) is 0 Å². The molecule has 0 saturated heterocycles. The first kappa shape index (κ1) is 16.3. The first-order valence-corrected chi connectivity index (χ1v) is 8.43. The summed E-state index contributed by atoms with van der Waals surface area (Å²) in [4.78, 5) is 25.0. The maximum Gasteiger partial charge on any atom is 0.341 e. The van der Waals surface area contributed by atoms with Crippen molar-refractivity contribution in [1.82, 2.24) is 4.90 Å². The van der Waals surface area contributed by atoms with Crippen molar-refractivity contribution in [3.8, 4) is 0 Å². The molecule has 0 aromatic heterocycles. The fourth-order valence-corrected chi connectivity index (χ4v) is 3.17. The molecule has 0 N–H and O–H groups in total. The Bertz CT molecular complexity index is 888. The summed E-state index contributed by atoms with van der Waals surface area (Å²) in [7, 11) is -4.67. The maximum absolute atomic E-state index is 12.5. The zero-order valence-electron chi connectivity index (χ0n) is 12.1. The Hall–Kier alpha value is -2.61. The molecule has 0 atom stereocenters. The van der Waals surface area contributed by atoms with Crippen LogP contribution in [0.4, 0.5) is 8.78 Å². The van der Waals surface area contributed by atoms with Gasteiger partial charge in [-0.2, -0.15) is 8.78 Å². The predicted molar refractivity (Wildman–Crippen MR) is 80.3 cm³/mol. The van der Waals surface area contributed by atoms with Crippen molar-refractivity contribution in [3.63, 3.8) is 0 Å². The lowest BCUT2D eigenvalue weighted by atomic mass is 10.1. The number of alkyl halides is 2. The average molecular weight is 351 g/mol. The third-order valence-corrected chi connectivity index (χ3v) is 5.10. The lowest BCUT2D eigenvalue weighted by Crippen LogP contribution is -2.29. The van der Waals surface area contributed by atoms with Gasteiger partial charge < -0.3 is 0 Å². The lowest BCUT2D eigenvalue weighted by molar-refractivity contribution is 0.0642. The van der Waals surface area contributed by atoms with Crippen molar-refractivity contribution in [2.24, 2.45) is 0 Å². The van der Waals surface area contributed by atoms with E-state index in [1.807, 2.05) is 0 Å². The highest BCUT2D eigenvalue weighted by Gasteiger charge is 2.35. The van der Waals surface area contributed by atoms with Gasteiger partial charge in [-0.3, -0.25) is 14.5 Å². The second-order valence-corrected chi connectivity index (χ2v) is 7.11. The number of amides is 2. The van der Waals surface area contributed by atoms with Crippen LogP contribution in [0.2, 0.25) is 0 Å². The summed E-state index contributed by atoms with van der Waals surface area (Å²) in [6.07, 6.45) is 0. The molecule has 0 unspecified atom stereocenters. The van der Waals surface area contributed by atoms with Gasteiger partial charge in [-0.05, 0) is 29.8 Å². The van der Waals surface area contributed by atoms with Crippen LogP contribution in [0.5, 0.6) is 0 Å². The van der Waals surface area contributed by atoms with E-state index in [0.717, 1.165) is 17.0 Å². The molecule has 0 aliphatic carbocycles. The summed E-state index contributed by atoms with van der Waals surface area (Å²) in [5, 5.41) is 0. The van der Waals surface area contributed by atoms with Gasteiger partial charge in [0.25, 0.3) is 11.8 Å². The molecule has 0 saturated carbocycles. The van der Waals surface area contributed by atoms with Crippen LogP contribution in [0.25, 0.3) is 0 Å². The Labute approximate surface area is 136 Å². The topological polar surface area (TPSA) is 71.5 Å². The third kappa shape index (κ3) is 2.58. The quantitative estimate of drug-likeness (QED) is 0.794. The van der Waals surface area contributed by atoms with Crippen LogP contribution in [0.3, 0.4) is 0 Å². The van der Waals surface area contributed by atoms with E-state index < -0.39 is 32.3 Å². The summed E-state index contributed by atoms with van der Waals surface area (Å²) in [6.45, 7) is -0.0681. The molecule has 8 heteroatoms. The molecule has 3 rings (SSSR count). The number of imide groups is 1. The van der Waals surface area contributed by atoms with Gasteiger partial charge in [0.2, 0.25) is 9.84 Å². The molecule has 2 aromatic rings. The van der Waals surface area contributed by atoms with Gasteiger partial charge in [0, 0.05) is 0 Å². The number of hydrogen-bond donors (Lipinski definition) is 0. The highest BCUT2D eigenvalue weighted by molar-refractivity contribution is 7.91. The summed E-state index contributed by atoms with van der Waals surface area (Å²) in [6, 6.07) is 11.1. The van der Waals surface area contributed by atoms with Gasteiger partial charge in [0.15, 0.2) is 0 Å². The Morgan fingerprint density at radius 1 is 0.875 bits per heavy atom. The number of rotatable bonds is 4. The largest absolute Gasteiger partial charge is 0.341 e. The van der Waals surface area contributed by atoms with Gasteiger partial charge in [0.1, 0.15) is 0 Å². The first-order valence-electron chi connectivity index (χ1n) is 6.88. The van der Waals surface area contributed by atoms with Crippen molar-refractivity contribution >= 4 is 21.7 Å². The van der Waals surface area contributed by atoms with Crippen LogP contribution in [0, 0.1) is 0 Å². The Kier molecular flexibility index (Phi) is 3.92. The van der Waals surface area contributed by atoms with Crippen molar-refractivity contribution in [3.05, 3.63) is 65.2 Å². The number of nitrogens with zero attached hydrogens (tertiary/aromatic N) is 1. The van der Waals surface area contributed by atoms with Crippen LogP contribution in [0.1, 0.15) is 26.3 Å². The standard InChI is InChI=1S/C16H11F2NO4S/c17-16(18)24(22,23)11-7-5-10(6-8-11)9-19-14(20)12-3-1-2-4-13(12)15(19)21/h1-8,16H,9H2. The van der Waals surface area contributed by atoms with Gasteiger partial charge in [-0.1, -0.05) is 24.3 Å². The molecule has 5 nitrogen and oxygen atoms in total. The highest BCUT2D eigenvalue weighted by Crippen LogP contribution is 2.25. The van der Waals surface area contributed by atoms with Crippen LogP contribution in [0.15, 0.2) is 53.4 Å². The molecule has 24 heavy (non-hydrogen) atoms. The van der Waals surface area contributed by atoms with E-state index in [0.29, 0.717) is 16.7 Å². The molecular weight excluding hydrogens is 340 g/mol. The Balaban J connectivity index is 1.84. The molecule has 1 heterocycles. The minimum Gasteiger partial charge on any atom is -0.270 e. The zero-order chi connectivity index (χ0) is 17.5. The summed E-state index contributed by atoms with van der Waals surface area (Å²) >= 11 is 0. The minimum absolute atomic E-state index is 0.0681. The van der Waals surface area contributed by atoms with Crippen LogP contribution >= 0.6 is 0 Å². The smallest absolute Gasteiger partial charge is 0.270 e. The number of halogens is 2. The van der Waals surface area contributed by atoms with E-state index in [1.165, 1.54) is 12.1 Å². The highest BCUT2D eigenvalue weighted by atomic mass is 32.2. The number of fused-ring (bicyclic) bond motifs is 1. The number of hydrogen-bond acceptors (Lipinski definition) is 4. The summed E-state index contributed by atoms with van der Waals surface area (Å²) < 4.78 is 47.7. The van der Waals surface area contributed by atoms with Crippen molar-refractivity contribution < 1.29 is 26.8 Å². The van der Waals surface area contributed by atoms with E-state index >= 15 is 0 Å². The molecule has 2 aromatic carbocycles. The Morgan fingerprint density at radius 3 is 1.83 bits per heavy atom. The third-order valence-electron chi connectivity index (χ3n) is 3.71. The molecule has 1 aliphatic heterocycles. The number of sulfone groups is 1. The molecule has 124 valence electrons. The normalized spacial score (nSPS) is 14.4. The summed E-state index contributed by atoms with van der Waals surface area (Å²) in [5.74, 6) is -4.39. The van der Waals surface area contributed by atoms with Crippen LogP contribution in [-0.2, 0) is 16.4 Å². The fourth-order valence-electron chi connectivity index (χ4n) is 2.45. The van der Waals surface area contributed by atoms with Crippen molar-refractivity contribution in [1.29, 1.82) is 0 Å². The molecule has 0 fully saturated rings. The van der Waals surface area contributed by atoms with Gasteiger partial charge >= 0.3 is 5.76 Å². The zero-order valence-corrected chi connectivity index (χ0v) is 13.0. The predicted octanol–water partition coefficient (Wildman–Crippen LogP) is 2.48. The number of carbonyl (C=O) groups is 2. The SMILES string of the molecule is O=C1c2ccccc2C(=O)N1Cc1ccc(S(=O)(=O)C(F)F)cc1.